The van der Waals surface area contributed by atoms with Crippen LogP contribution in [0.25, 0.3) is 0 Å². The first-order valence-corrected chi connectivity index (χ1v) is 7.46. The Morgan fingerprint density at radius 3 is 2.79 bits per heavy atom. The Morgan fingerprint density at radius 2 is 2.05 bits per heavy atom. The van der Waals surface area contributed by atoms with E-state index in [9.17, 15) is 0 Å². The van der Waals surface area contributed by atoms with E-state index in [0.717, 1.165) is 18.9 Å². The number of nitrogens with zero attached hydrogens (tertiary/aromatic N) is 5. The summed E-state index contributed by atoms with van der Waals surface area (Å²) < 4.78 is 2.01. The van der Waals surface area contributed by atoms with Crippen LogP contribution in [0.2, 0.25) is 0 Å². The molecule has 0 saturated heterocycles. The maximum Gasteiger partial charge on any atom is 0.165 e. The summed E-state index contributed by atoms with van der Waals surface area (Å²) in [6, 6.07) is 1.14. The molecule has 6 nitrogen and oxygen atoms in total. The summed E-state index contributed by atoms with van der Waals surface area (Å²) in [4.78, 5) is 2.40. The largest absolute Gasteiger partial charge is 0.330 e. The Kier molecular flexibility index (Phi) is 3.79. The number of aromatic nitrogens is 4. The highest BCUT2D eigenvalue weighted by atomic mass is 15.6. The van der Waals surface area contributed by atoms with Crippen molar-refractivity contribution < 1.29 is 0 Å². The molecule has 0 radical (unpaired) electrons. The smallest absolute Gasteiger partial charge is 0.165 e. The summed E-state index contributed by atoms with van der Waals surface area (Å²) in [5.74, 6) is 1.63. The number of nitrogens with two attached hydrogens (primary N) is 1. The molecule has 2 fully saturated rings. The van der Waals surface area contributed by atoms with Gasteiger partial charge < -0.3 is 5.73 Å². The van der Waals surface area contributed by atoms with Crippen LogP contribution < -0.4 is 5.73 Å². The number of hydrogen-bond acceptors (Lipinski definition) is 5. The van der Waals surface area contributed by atoms with Crippen LogP contribution in [0.5, 0.6) is 0 Å². The Morgan fingerprint density at radius 1 is 1.26 bits per heavy atom. The molecule has 1 aromatic heterocycles. The standard InChI is InChI=1S/C13H24N6/c1-18(12-5-3-2-4-10(12)8-14)9-13-15-16-17-19(13)11-6-7-11/h10-12H,2-9,14H2,1H3. The van der Waals surface area contributed by atoms with E-state index in [4.69, 9.17) is 5.73 Å². The summed E-state index contributed by atoms with van der Waals surface area (Å²) in [5, 5.41) is 12.1. The molecular weight excluding hydrogens is 240 g/mol. The Bertz CT molecular complexity index is 413. The van der Waals surface area contributed by atoms with Crippen molar-refractivity contribution in [2.24, 2.45) is 11.7 Å². The lowest BCUT2D eigenvalue weighted by molar-refractivity contribution is 0.123. The summed E-state index contributed by atoms with van der Waals surface area (Å²) in [6.07, 6.45) is 7.60. The first-order valence-electron chi connectivity index (χ1n) is 7.46. The van der Waals surface area contributed by atoms with Crippen molar-refractivity contribution in [1.29, 1.82) is 0 Å². The van der Waals surface area contributed by atoms with E-state index in [2.05, 4.69) is 27.5 Å². The molecule has 19 heavy (non-hydrogen) atoms. The fraction of sp³-hybridized carbons (Fsp3) is 0.923. The molecule has 2 unspecified atom stereocenters. The highest BCUT2D eigenvalue weighted by Crippen LogP contribution is 2.35. The van der Waals surface area contributed by atoms with E-state index in [0.29, 0.717) is 18.0 Å². The van der Waals surface area contributed by atoms with Gasteiger partial charge in [0, 0.05) is 6.04 Å². The average molecular weight is 264 g/mol. The topological polar surface area (TPSA) is 72.9 Å². The predicted octanol–water partition coefficient (Wildman–Crippen LogP) is 0.957. The van der Waals surface area contributed by atoms with E-state index in [1.807, 2.05) is 4.68 Å². The van der Waals surface area contributed by atoms with E-state index < -0.39 is 0 Å². The van der Waals surface area contributed by atoms with Gasteiger partial charge in [-0.3, -0.25) is 4.90 Å². The zero-order valence-electron chi connectivity index (χ0n) is 11.7. The van der Waals surface area contributed by atoms with Crippen LogP contribution in [-0.2, 0) is 6.54 Å². The second-order valence-corrected chi connectivity index (χ2v) is 6.03. The molecular formula is C13H24N6. The third kappa shape index (κ3) is 2.79. The van der Waals surface area contributed by atoms with Gasteiger partial charge in [-0.1, -0.05) is 12.8 Å². The van der Waals surface area contributed by atoms with Crippen molar-refractivity contribution in [3.63, 3.8) is 0 Å². The maximum atomic E-state index is 5.92. The van der Waals surface area contributed by atoms with Gasteiger partial charge in [-0.05, 0) is 55.6 Å². The Balaban J connectivity index is 1.66. The van der Waals surface area contributed by atoms with Crippen molar-refractivity contribution in [3.05, 3.63) is 5.82 Å². The summed E-state index contributed by atoms with van der Waals surface area (Å²) >= 11 is 0. The van der Waals surface area contributed by atoms with Gasteiger partial charge in [0.2, 0.25) is 0 Å². The summed E-state index contributed by atoms with van der Waals surface area (Å²) in [7, 11) is 2.19. The lowest BCUT2D eigenvalue weighted by Crippen LogP contribution is -2.43. The van der Waals surface area contributed by atoms with Gasteiger partial charge in [0.1, 0.15) is 0 Å². The van der Waals surface area contributed by atoms with Crippen molar-refractivity contribution in [2.45, 2.75) is 57.2 Å². The lowest BCUT2D eigenvalue weighted by Gasteiger charge is -2.37. The minimum Gasteiger partial charge on any atom is -0.330 e. The van der Waals surface area contributed by atoms with Gasteiger partial charge in [-0.15, -0.1) is 5.10 Å². The third-order valence-corrected chi connectivity index (χ3v) is 4.58. The molecule has 0 aliphatic heterocycles. The third-order valence-electron chi connectivity index (χ3n) is 4.58. The molecule has 0 bridgehead atoms. The highest BCUT2D eigenvalue weighted by molar-refractivity contribution is 4.92. The maximum absolute atomic E-state index is 5.92. The normalized spacial score (nSPS) is 27.9. The summed E-state index contributed by atoms with van der Waals surface area (Å²) in [6.45, 7) is 1.63. The number of tetrazole rings is 1. The van der Waals surface area contributed by atoms with Crippen LogP contribution in [0.1, 0.15) is 50.4 Å². The van der Waals surface area contributed by atoms with E-state index in [-0.39, 0.29) is 0 Å². The fourth-order valence-corrected chi connectivity index (χ4v) is 3.30. The fourth-order valence-electron chi connectivity index (χ4n) is 3.30. The summed E-state index contributed by atoms with van der Waals surface area (Å²) in [5.41, 5.74) is 5.92. The van der Waals surface area contributed by atoms with E-state index in [1.54, 1.807) is 0 Å². The van der Waals surface area contributed by atoms with Crippen molar-refractivity contribution >= 4 is 0 Å². The first-order chi connectivity index (χ1) is 9.29. The first kappa shape index (κ1) is 13.0. The minimum atomic E-state index is 0.551. The molecule has 1 heterocycles. The van der Waals surface area contributed by atoms with Crippen LogP contribution >= 0.6 is 0 Å². The molecule has 1 aromatic rings. The molecule has 2 atom stereocenters. The second kappa shape index (κ2) is 5.54. The van der Waals surface area contributed by atoms with Crippen molar-refractivity contribution in [3.8, 4) is 0 Å². The SMILES string of the molecule is CN(Cc1nnnn1C1CC1)C1CCCCC1CN. The molecule has 0 spiro atoms. The molecule has 0 aromatic carbocycles. The van der Waals surface area contributed by atoms with Crippen LogP contribution in [0, 0.1) is 5.92 Å². The van der Waals surface area contributed by atoms with Crippen LogP contribution in [0.3, 0.4) is 0 Å². The lowest BCUT2D eigenvalue weighted by atomic mass is 9.84. The van der Waals surface area contributed by atoms with Crippen LogP contribution in [0.4, 0.5) is 0 Å². The van der Waals surface area contributed by atoms with Gasteiger partial charge in [0.05, 0.1) is 12.6 Å². The highest BCUT2D eigenvalue weighted by Gasteiger charge is 2.31. The molecule has 6 heteroatoms. The van der Waals surface area contributed by atoms with Crippen molar-refractivity contribution in [2.75, 3.05) is 13.6 Å². The van der Waals surface area contributed by atoms with Gasteiger partial charge >= 0.3 is 0 Å². The van der Waals surface area contributed by atoms with Crippen LogP contribution in [-0.4, -0.2) is 44.7 Å². The second-order valence-electron chi connectivity index (χ2n) is 6.03. The zero-order valence-corrected chi connectivity index (χ0v) is 11.7. The minimum absolute atomic E-state index is 0.551. The zero-order chi connectivity index (χ0) is 13.2. The van der Waals surface area contributed by atoms with E-state index >= 15 is 0 Å². The number of rotatable bonds is 5. The van der Waals surface area contributed by atoms with Gasteiger partial charge in [0.25, 0.3) is 0 Å². The average Bonchev–Trinajstić information content (AvgIpc) is 3.19. The quantitative estimate of drug-likeness (QED) is 0.857. The molecule has 2 N–H and O–H groups in total. The van der Waals surface area contributed by atoms with Gasteiger partial charge in [-0.25, -0.2) is 4.68 Å². The monoisotopic (exact) mass is 264 g/mol. The van der Waals surface area contributed by atoms with Gasteiger partial charge in [0.15, 0.2) is 5.82 Å². The number of hydrogen-bond donors (Lipinski definition) is 1. The Hall–Kier alpha value is -1.01. The molecule has 2 aliphatic carbocycles. The van der Waals surface area contributed by atoms with E-state index in [1.165, 1.54) is 38.5 Å². The molecule has 2 aliphatic rings. The molecule has 2 saturated carbocycles. The Labute approximate surface area is 114 Å². The van der Waals surface area contributed by atoms with Gasteiger partial charge in [-0.2, -0.15) is 0 Å². The van der Waals surface area contributed by atoms with Crippen LogP contribution in [0.15, 0.2) is 0 Å². The molecule has 106 valence electrons. The predicted molar refractivity (Wildman–Crippen MR) is 72.4 cm³/mol. The molecule has 0 amide bonds. The van der Waals surface area contributed by atoms with Crippen molar-refractivity contribution in [1.82, 2.24) is 25.1 Å². The molecule has 3 rings (SSSR count).